The lowest BCUT2D eigenvalue weighted by Crippen LogP contribution is -2.39. The monoisotopic (exact) mass is 454 g/mol. The van der Waals surface area contributed by atoms with E-state index in [0.29, 0.717) is 12.8 Å². The molecule has 1 aliphatic rings. The number of halogens is 3. The minimum absolute atomic E-state index is 0.0396. The number of nitrogens with one attached hydrogen (secondary N) is 1. The highest BCUT2D eigenvalue weighted by atomic mass is 32.2. The van der Waals surface area contributed by atoms with Gasteiger partial charge in [-0.15, -0.1) is 0 Å². The van der Waals surface area contributed by atoms with E-state index < -0.39 is 33.6 Å². The molecule has 0 bridgehead atoms. The lowest BCUT2D eigenvalue weighted by Gasteiger charge is -2.33. The number of benzene rings is 2. The van der Waals surface area contributed by atoms with Crippen molar-refractivity contribution in [2.75, 3.05) is 19.3 Å². The summed E-state index contributed by atoms with van der Waals surface area (Å²) >= 11 is 0. The van der Waals surface area contributed by atoms with Gasteiger partial charge < -0.3 is 4.90 Å². The molecular formula is C21H21F3N2O4S. The van der Waals surface area contributed by atoms with Gasteiger partial charge in [0.1, 0.15) is 0 Å². The van der Waals surface area contributed by atoms with Gasteiger partial charge >= 0.3 is 6.18 Å². The first-order valence-corrected chi connectivity index (χ1v) is 11.4. The molecule has 10 heteroatoms. The largest absolute Gasteiger partial charge is 0.416 e. The second-order valence-corrected chi connectivity index (χ2v) is 9.15. The van der Waals surface area contributed by atoms with Crippen molar-refractivity contribution in [2.45, 2.75) is 24.9 Å². The number of hydrogen-bond acceptors (Lipinski definition) is 4. The molecule has 1 N–H and O–H groups in total. The number of sulfonamides is 1. The van der Waals surface area contributed by atoms with Crippen molar-refractivity contribution in [2.24, 2.45) is 0 Å². The van der Waals surface area contributed by atoms with Crippen LogP contribution in [0.25, 0.3) is 0 Å². The maximum atomic E-state index is 13.3. The van der Waals surface area contributed by atoms with E-state index in [4.69, 9.17) is 0 Å². The van der Waals surface area contributed by atoms with Crippen LogP contribution in [0, 0.1) is 0 Å². The first-order valence-electron chi connectivity index (χ1n) is 9.54. The van der Waals surface area contributed by atoms with E-state index in [1.165, 1.54) is 35.2 Å². The molecule has 2 aromatic carbocycles. The van der Waals surface area contributed by atoms with Crippen molar-refractivity contribution < 1.29 is 31.2 Å². The van der Waals surface area contributed by atoms with Gasteiger partial charge in [-0.05, 0) is 42.5 Å². The predicted octanol–water partition coefficient (Wildman–Crippen LogP) is 3.41. The maximum Gasteiger partial charge on any atom is 0.416 e. The summed E-state index contributed by atoms with van der Waals surface area (Å²) in [6.07, 6.45) is -2.93. The summed E-state index contributed by atoms with van der Waals surface area (Å²) in [5.74, 6) is -1.73. The molecule has 1 aliphatic heterocycles. The lowest BCUT2D eigenvalue weighted by molar-refractivity contribution is -0.138. The van der Waals surface area contributed by atoms with Crippen LogP contribution < -0.4 is 4.72 Å². The number of carbonyl (C=O) groups excluding carboxylic acids is 2. The van der Waals surface area contributed by atoms with Crippen molar-refractivity contribution >= 4 is 21.8 Å². The molecule has 0 atom stereocenters. The Labute approximate surface area is 178 Å². The number of likely N-dealkylation sites (tertiary alicyclic amines) is 1. The van der Waals surface area contributed by atoms with Gasteiger partial charge in [0.05, 0.1) is 22.9 Å². The molecule has 31 heavy (non-hydrogen) atoms. The first kappa shape index (κ1) is 22.8. The van der Waals surface area contributed by atoms with Crippen molar-refractivity contribution in [3.8, 4) is 0 Å². The van der Waals surface area contributed by atoms with Crippen LogP contribution in [0.5, 0.6) is 0 Å². The zero-order chi connectivity index (χ0) is 22.8. The molecule has 3 rings (SSSR count). The summed E-state index contributed by atoms with van der Waals surface area (Å²) in [6, 6.07) is 11.3. The van der Waals surface area contributed by atoms with Crippen LogP contribution in [0.4, 0.5) is 13.2 Å². The average molecular weight is 454 g/mol. The minimum Gasteiger partial charge on any atom is -0.339 e. The number of hydrogen-bond donors (Lipinski definition) is 1. The molecule has 0 aromatic heterocycles. The summed E-state index contributed by atoms with van der Waals surface area (Å²) in [7, 11) is -3.81. The van der Waals surface area contributed by atoms with Crippen LogP contribution >= 0.6 is 0 Å². The van der Waals surface area contributed by atoms with Crippen LogP contribution in [-0.4, -0.2) is 44.5 Å². The van der Waals surface area contributed by atoms with Crippen molar-refractivity contribution in [1.29, 1.82) is 0 Å². The topological polar surface area (TPSA) is 83.5 Å². The Kier molecular flexibility index (Phi) is 6.40. The first-order chi connectivity index (χ1) is 14.5. The molecule has 1 fully saturated rings. The highest BCUT2D eigenvalue weighted by molar-refractivity contribution is 7.89. The third-order valence-electron chi connectivity index (χ3n) is 5.17. The van der Waals surface area contributed by atoms with Gasteiger partial charge in [-0.1, -0.05) is 30.3 Å². The third kappa shape index (κ3) is 5.43. The molecule has 6 nitrogen and oxygen atoms in total. The third-order valence-corrected chi connectivity index (χ3v) is 5.72. The molecule has 0 saturated carbocycles. The Morgan fingerprint density at radius 2 is 1.52 bits per heavy atom. The Balaban J connectivity index is 1.76. The van der Waals surface area contributed by atoms with Gasteiger partial charge in [-0.3, -0.25) is 9.59 Å². The molecule has 0 unspecified atom stereocenters. The zero-order valence-corrected chi connectivity index (χ0v) is 17.5. The van der Waals surface area contributed by atoms with Gasteiger partial charge in [-0.25, -0.2) is 13.1 Å². The van der Waals surface area contributed by atoms with Crippen LogP contribution in [0.1, 0.15) is 50.6 Å². The number of nitrogens with zero attached hydrogens (tertiary/aromatic N) is 1. The van der Waals surface area contributed by atoms with E-state index in [2.05, 4.69) is 0 Å². The van der Waals surface area contributed by atoms with Gasteiger partial charge in [0.25, 0.3) is 11.8 Å². The smallest absolute Gasteiger partial charge is 0.339 e. The highest BCUT2D eigenvalue weighted by Gasteiger charge is 2.36. The second kappa shape index (κ2) is 8.70. The van der Waals surface area contributed by atoms with Crippen LogP contribution in [0.3, 0.4) is 0 Å². The van der Waals surface area contributed by atoms with E-state index in [0.717, 1.165) is 12.3 Å². The zero-order valence-electron chi connectivity index (χ0n) is 16.6. The van der Waals surface area contributed by atoms with Crippen LogP contribution in [0.15, 0.2) is 48.5 Å². The van der Waals surface area contributed by atoms with E-state index in [1.807, 2.05) is 4.72 Å². The molecule has 2 amide bonds. The second-order valence-electron chi connectivity index (χ2n) is 7.40. The maximum absolute atomic E-state index is 13.3. The van der Waals surface area contributed by atoms with Crippen molar-refractivity contribution in [1.82, 2.24) is 9.62 Å². The molecule has 1 saturated heterocycles. The fraction of sp³-hybridized carbons (Fsp3) is 0.333. The lowest BCUT2D eigenvalue weighted by atomic mass is 9.86. The van der Waals surface area contributed by atoms with Crippen LogP contribution in [-0.2, 0) is 16.2 Å². The van der Waals surface area contributed by atoms with Crippen molar-refractivity contribution in [3.05, 3.63) is 70.8 Å². The summed E-state index contributed by atoms with van der Waals surface area (Å²) < 4.78 is 64.5. The number of piperidine rings is 1. The summed E-state index contributed by atoms with van der Waals surface area (Å²) in [5.41, 5.74) is -0.488. The molecular weight excluding hydrogens is 433 g/mol. The Morgan fingerprint density at radius 1 is 0.968 bits per heavy atom. The molecule has 0 spiro atoms. The number of alkyl halides is 3. The van der Waals surface area contributed by atoms with Crippen LogP contribution in [0.2, 0.25) is 0 Å². The Morgan fingerprint density at radius 3 is 2.10 bits per heavy atom. The Hall–Kier alpha value is -2.88. The quantitative estimate of drug-likeness (QED) is 0.768. The fourth-order valence-corrected chi connectivity index (χ4v) is 4.21. The average Bonchev–Trinajstić information content (AvgIpc) is 2.71. The van der Waals surface area contributed by atoms with E-state index in [9.17, 15) is 31.2 Å². The molecule has 0 aliphatic carbocycles. The number of amides is 2. The molecule has 2 aromatic rings. The minimum atomic E-state index is -4.45. The number of carbonyl (C=O) groups is 2. The van der Waals surface area contributed by atoms with Crippen molar-refractivity contribution in [3.63, 3.8) is 0 Å². The molecule has 166 valence electrons. The normalized spacial score (nSPS) is 15.5. The van der Waals surface area contributed by atoms with Gasteiger partial charge in [-0.2, -0.15) is 13.2 Å². The standard InChI is InChI=1S/C21H21F3N2O4S/c1-31(29,30)25-19(27)16-7-2-3-8-17(16)20(28)26-12-10-14(11-13-26)15-6-4-5-9-18(15)21(22,23)24/h2-9,14H,10-13H2,1H3,(H,25,27). The number of rotatable bonds is 4. The summed E-state index contributed by atoms with van der Waals surface area (Å²) in [6.45, 7) is 0.440. The SMILES string of the molecule is CS(=O)(=O)NC(=O)c1ccccc1C(=O)N1CCC(c2ccccc2C(F)(F)F)CC1. The van der Waals surface area contributed by atoms with E-state index in [-0.39, 0.29) is 35.7 Å². The predicted molar refractivity (Wildman–Crippen MR) is 108 cm³/mol. The van der Waals surface area contributed by atoms with E-state index >= 15 is 0 Å². The molecule has 0 radical (unpaired) electrons. The summed E-state index contributed by atoms with van der Waals surface area (Å²) in [4.78, 5) is 26.7. The highest BCUT2D eigenvalue weighted by Crippen LogP contribution is 2.38. The Bertz CT molecular complexity index is 1090. The fourth-order valence-electron chi connectivity index (χ4n) is 3.77. The van der Waals surface area contributed by atoms with Gasteiger partial charge in [0, 0.05) is 13.1 Å². The van der Waals surface area contributed by atoms with E-state index in [1.54, 1.807) is 12.1 Å². The van der Waals surface area contributed by atoms with Gasteiger partial charge in [0.15, 0.2) is 0 Å². The molecule has 1 heterocycles. The van der Waals surface area contributed by atoms with Gasteiger partial charge in [0.2, 0.25) is 10.0 Å². The summed E-state index contributed by atoms with van der Waals surface area (Å²) in [5, 5.41) is 0.